The summed E-state index contributed by atoms with van der Waals surface area (Å²) in [5.74, 6) is 0. The lowest BCUT2D eigenvalue weighted by Gasteiger charge is -2.09. The molecule has 0 N–H and O–H groups in total. The van der Waals surface area contributed by atoms with Gasteiger partial charge in [-0.3, -0.25) is 0 Å². The first-order valence-electron chi connectivity index (χ1n) is 5.39. The number of benzene rings is 1. The van der Waals surface area contributed by atoms with Gasteiger partial charge in [0.15, 0.2) is 0 Å². The zero-order valence-electron chi connectivity index (χ0n) is 9.33. The Hall–Kier alpha value is -1.56. The van der Waals surface area contributed by atoms with E-state index in [1.165, 1.54) is 22.3 Å². The minimum Gasteiger partial charge on any atom is -0.0807 e. The highest BCUT2D eigenvalue weighted by Gasteiger charge is 2.05. The van der Waals surface area contributed by atoms with Gasteiger partial charge in [-0.05, 0) is 42.5 Å². The molecule has 0 bridgehead atoms. The molecule has 0 fully saturated rings. The molecule has 0 unspecified atom stereocenters. The molecule has 0 atom stereocenters. The van der Waals surface area contributed by atoms with Crippen LogP contribution in [0.4, 0.5) is 0 Å². The lowest BCUT2D eigenvalue weighted by Crippen LogP contribution is -1.90. The summed E-state index contributed by atoms with van der Waals surface area (Å²) in [5.41, 5.74) is 5.39. The van der Waals surface area contributed by atoms with Gasteiger partial charge in [-0.15, -0.1) is 0 Å². The highest BCUT2D eigenvalue weighted by Crippen LogP contribution is 2.25. The molecule has 1 aromatic carbocycles. The van der Waals surface area contributed by atoms with E-state index < -0.39 is 0 Å². The molecule has 0 heteroatoms. The van der Waals surface area contributed by atoms with E-state index in [2.05, 4.69) is 62.4 Å². The quantitative estimate of drug-likeness (QED) is 0.631. The minimum atomic E-state index is 1.03. The lowest BCUT2D eigenvalue weighted by molar-refractivity contribution is 1.34. The Morgan fingerprint density at radius 3 is 2.47 bits per heavy atom. The van der Waals surface area contributed by atoms with E-state index in [4.69, 9.17) is 0 Å². The first-order valence-corrected chi connectivity index (χ1v) is 5.39. The average Bonchev–Trinajstić information content (AvgIpc) is 2.46. The molecule has 0 radical (unpaired) electrons. The maximum Gasteiger partial charge on any atom is -0.0126 e. The summed E-state index contributed by atoms with van der Waals surface area (Å²) in [6.45, 7) is 4.34. The Kier molecular flexibility index (Phi) is 2.86. The van der Waals surface area contributed by atoms with Crippen LogP contribution in [0.2, 0.25) is 0 Å². The highest BCUT2D eigenvalue weighted by molar-refractivity contribution is 5.79. The second-order valence-electron chi connectivity index (χ2n) is 3.96. The summed E-state index contributed by atoms with van der Waals surface area (Å²) < 4.78 is 0. The molecule has 76 valence electrons. The van der Waals surface area contributed by atoms with Crippen LogP contribution in [0.3, 0.4) is 0 Å². The van der Waals surface area contributed by atoms with Gasteiger partial charge in [0.1, 0.15) is 0 Å². The van der Waals surface area contributed by atoms with Crippen molar-refractivity contribution in [2.75, 3.05) is 0 Å². The van der Waals surface area contributed by atoms with E-state index >= 15 is 0 Å². The third-order valence-corrected chi connectivity index (χ3v) is 2.75. The van der Waals surface area contributed by atoms with E-state index in [0.29, 0.717) is 0 Å². The van der Waals surface area contributed by atoms with Gasteiger partial charge in [0.2, 0.25) is 0 Å². The number of hydrogen-bond acceptors (Lipinski definition) is 0. The summed E-state index contributed by atoms with van der Waals surface area (Å²) in [5, 5.41) is 0. The van der Waals surface area contributed by atoms with Crippen LogP contribution in [0, 0.1) is 13.8 Å². The molecule has 0 saturated heterocycles. The maximum absolute atomic E-state index is 2.22. The average molecular weight is 196 g/mol. The van der Waals surface area contributed by atoms with Gasteiger partial charge >= 0.3 is 0 Å². The normalized spacial score (nSPS) is 14.9. The number of rotatable bonds is 1. The zero-order chi connectivity index (χ0) is 10.7. The van der Waals surface area contributed by atoms with Gasteiger partial charge < -0.3 is 0 Å². The van der Waals surface area contributed by atoms with E-state index in [-0.39, 0.29) is 0 Å². The van der Waals surface area contributed by atoms with Gasteiger partial charge in [0.05, 0.1) is 0 Å². The van der Waals surface area contributed by atoms with E-state index in [0.717, 1.165) is 6.42 Å². The topological polar surface area (TPSA) is 0 Å². The molecule has 1 aliphatic carbocycles. The van der Waals surface area contributed by atoms with Gasteiger partial charge in [-0.1, -0.05) is 48.6 Å². The predicted molar refractivity (Wildman–Crippen MR) is 66.8 cm³/mol. The van der Waals surface area contributed by atoms with Crippen molar-refractivity contribution < 1.29 is 0 Å². The van der Waals surface area contributed by atoms with Crippen LogP contribution in [0.25, 0.3) is 5.57 Å². The first kappa shape index (κ1) is 9.97. The van der Waals surface area contributed by atoms with Crippen LogP contribution >= 0.6 is 0 Å². The standard InChI is InChI=1S/C15H16/c1-12-8-7-9-13(2)15(12)14-10-5-3-4-6-11-14/h3,5-11H,4H2,1-2H3. The fourth-order valence-corrected chi connectivity index (χ4v) is 2.02. The van der Waals surface area contributed by atoms with Crippen LogP contribution in [0.5, 0.6) is 0 Å². The Morgan fingerprint density at radius 2 is 1.73 bits per heavy atom. The van der Waals surface area contributed by atoms with Crippen LogP contribution in [0.15, 0.2) is 48.6 Å². The van der Waals surface area contributed by atoms with Gasteiger partial charge in [0, 0.05) is 0 Å². The van der Waals surface area contributed by atoms with Crippen molar-refractivity contribution >= 4 is 5.57 Å². The summed E-state index contributed by atoms with van der Waals surface area (Å²) in [6.07, 6.45) is 12.0. The molecule has 0 aromatic heterocycles. The fourth-order valence-electron chi connectivity index (χ4n) is 2.02. The second-order valence-corrected chi connectivity index (χ2v) is 3.96. The molecule has 0 aliphatic heterocycles. The first-order chi connectivity index (χ1) is 7.29. The van der Waals surface area contributed by atoms with Crippen LogP contribution in [-0.4, -0.2) is 0 Å². The molecule has 15 heavy (non-hydrogen) atoms. The predicted octanol–water partition coefficient (Wildman–Crippen LogP) is 4.20. The summed E-state index contributed by atoms with van der Waals surface area (Å²) >= 11 is 0. The Balaban J connectivity index is 2.53. The molecule has 0 spiro atoms. The molecule has 2 rings (SSSR count). The molecule has 0 heterocycles. The monoisotopic (exact) mass is 196 g/mol. The second kappa shape index (κ2) is 4.31. The molecule has 0 nitrogen and oxygen atoms in total. The van der Waals surface area contributed by atoms with Crippen LogP contribution in [0.1, 0.15) is 23.1 Å². The van der Waals surface area contributed by atoms with Crippen LogP contribution < -0.4 is 0 Å². The smallest absolute Gasteiger partial charge is 0.0126 e. The number of hydrogen-bond donors (Lipinski definition) is 0. The Bertz CT molecular complexity index is 425. The zero-order valence-corrected chi connectivity index (χ0v) is 9.33. The van der Waals surface area contributed by atoms with Gasteiger partial charge in [0.25, 0.3) is 0 Å². The summed E-state index contributed by atoms with van der Waals surface area (Å²) in [7, 11) is 0. The molecular weight excluding hydrogens is 180 g/mol. The van der Waals surface area contributed by atoms with E-state index in [1.54, 1.807) is 0 Å². The fraction of sp³-hybridized carbons (Fsp3) is 0.200. The molecule has 0 saturated carbocycles. The minimum absolute atomic E-state index is 1.03. The van der Waals surface area contributed by atoms with Crippen molar-refractivity contribution in [2.45, 2.75) is 20.3 Å². The Morgan fingerprint density at radius 1 is 1.00 bits per heavy atom. The van der Waals surface area contributed by atoms with Crippen molar-refractivity contribution in [3.05, 3.63) is 65.3 Å². The van der Waals surface area contributed by atoms with Crippen molar-refractivity contribution in [3.63, 3.8) is 0 Å². The van der Waals surface area contributed by atoms with Gasteiger partial charge in [-0.2, -0.15) is 0 Å². The number of aryl methyl sites for hydroxylation is 2. The van der Waals surface area contributed by atoms with E-state index in [1.807, 2.05) is 0 Å². The highest BCUT2D eigenvalue weighted by atomic mass is 14.1. The molecule has 0 amide bonds. The van der Waals surface area contributed by atoms with E-state index in [9.17, 15) is 0 Å². The third kappa shape index (κ3) is 2.10. The SMILES string of the molecule is Cc1cccc(C)c1C1=CC=CCC=C1. The largest absolute Gasteiger partial charge is 0.0807 e. The number of allylic oxidation sites excluding steroid dienone is 6. The maximum atomic E-state index is 2.22. The van der Waals surface area contributed by atoms with Crippen LogP contribution in [-0.2, 0) is 0 Å². The van der Waals surface area contributed by atoms with Crippen molar-refractivity contribution in [2.24, 2.45) is 0 Å². The molecule has 1 aromatic rings. The molecular formula is C15H16. The summed E-state index contributed by atoms with van der Waals surface area (Å²) in [6, 6.07) is 6.46. The summed E-state index contributed by atoms with van der Waals surface area (Å²) in [4.78, 5) is 0. The molecule has 1 aliphatic rings. The third-order valence-electron chi connectivity index (χ3n) is 2.75. The van der Waals surface area contributed by atoms with Crippen molar-refractivity contribution in [3.8, 4) is 0 Å². The van der Waals surface area contributed by atoms with Crippen molar-refractivity contribution in [1.82, 2.24) is 0 Å². The van der Waals surface area contributed by atoms with Crippen molar-refractivity contribution in [1.29, 1.82) is 0 Å². The van der Waals surface area contributed by atoms with Gasteiger partial charge in [-0.25, -0.2) is 0 Å². The lowest BCUT2D eigenvalue weighted by atomic mass is 9.95. The Labute approximate surface area is 91.6 Å².